The lowest BCUT2D eigenvalue weighted by molar-refractivity contribution is -0.00523. The summed E-state index contributed by atoms with van der Waals surface area (Å²) in [5.41, 5.74) is 1.41. The minimum absolute atomic E-state index is 0.00481. The average molecular weight is 456 g/mol. The Hall–Kier alpha value is -1.38. The molecule has 0 radical (unpaired) electrons. The number of anilines is 2. The summed E-state index contributed by atoms with van der Waals surface area (Å²) >= 11 is 0. The Labute approximate surface area is 187 Å². The first-order chi connectivity index (χ1) is 14.4. The number of rotatable bonds is 6. The number of ether oxygens (including phenoxy) is 1. The number of hydrogen-bond donors (Lipinski definition) is 2. The highest BCUT2D eigenvalue weighted by atomic mass is 32.2. The molecular weight excluding hydrogens is 417 g/mol. The molecule has 8 heteroatoms. The van der Waals surface area contributed by atoms with Gasteiger partial charge in [0.25, 0.3) is 0 Å². The Morgan fingerprint density at radius 2 is 1.71 bits per heavy atom. The minimum Gasteiger partial charge on any atom is -0.382 e. The van der Waals surface area contributed by atoms with Crippen molar-refractivity contribution in [2.75, 3.05) is 29.9 Å². The zero-order valence-corrected chi connectivity index (χ0v) is 20.3. The Kier molecular flexibility index (Phi) is 7.54. The van der Waals surface area contributed by atoms with E-state index in [4.69, 9.17) is 4.74 Å². The van der Waals surface area contributed by atoms with Crippen molar-refractivity contribution in [3.05, 3.63) is 24.0 Å². The topological polar surface area (TPSA) is 70.7 Å². The molecular formula is C23H38FN3O3S. The van der Waals surface area contributed by atoms with Gasteiger partial charge in [0.1, 0.15) is 5.82 Å². The number of benzene rings is 1. The van der Waals surface area contributed by atoms with Gasteiger partial charge in [-0.3, -0.25) is 0 Å². The lowest BCUT2D eigenvalue weighted by Gasteiger charge is -2.37. The number of morpholine rings is 1. The lowest BCUT2D eigenvalue weighted by Crippen LogP contribution is -2.46. The van der Waals surface area contributed by atoms with Gasteiger partial charge in [-0.25, -0.2) is 17.5 Å². The summed E-state index contributed by atoms with van der Waals surface area (Å²) < 4.78 is 47.2. The second-order valence-electron chi connectivity index (χ2n) is 10.2. The Morgan fingerprint density at radius 3 is 2.26 bits per heavy atom. The predicted octanol–water partition coefficient (Wildman–Crippen LogP) is 4.13. The van der Waals surface area contributed by atoms with Gasteiger partial charge in [-0.2, -0.15) is 0 Å². The zero-order valence-electron chi connectivity index (χ0n) is 19.4. The quantitative estimate of drug-likeness (QED) is 0.675. The van der Waals surface area contributed by atoms with E-state index < -0.39 is 14.8 Å². The van der Waals surface area contributed by atoms with Crippen LogP contribution in [-0.2, 0) is 14.8 Å². The molecule has 1 aromatic carbocycles. The van der Waals surface area contributed by atoms with Crippen molar-refractivity contribution in [3.8, 4) is 0 Å². The molecule has 0 aromatic heterocycles. The maximum atomic E-state index is 14.7. The van der Waals surface area contributed by atoms with Crippen molar-refractivity contribution in [1.29, 1.82) is 0 Å². The van der Waals surface area contributed by atoms with E-state index in [-0.39, 0.29) is 24.1 Å². The first-order valence-electron chi connectivity index (χ1n) is 11.4. The molecule has 1 aliphatic heterocycles. The molecule has 0 spiro atoms. The van der Waals surface area contributed by atoms with Crippen molar-refractivity contribution in [2.45, 2.75) is 83.3 Å². The van der Waals surface area contributed by atoms with Gasteiger partial charge in [-0.15, -0.1) is 0 Å². The third-order valence-corrected chi connectivity index (χ3v) is 8.55. The molecule has 176 valence electrons. The van der Waals surface area contributed by atoms with Crippen LogP contribution in [0.4, 0.5) is 15.8 Å². The zero-order chi connectivity index (χ0) is 22.8. The molecule has 31 heavy (non-hydrogen) atoms. The van der Waals surface area contributed by atoms with Crippen LogP contribution in [0.1, 0.15) is 60.3 Å². The second-order valence-corrected chi connectivity index (χ2v) is 12.6. The molecule has 1 heterocycles. The van der Waals surface area contributed by atoms with E-state index in [0.717, 1.165) is 44.5 Å². The number of hydrogen-bond acceptors (Lipinski definition) is 5. The van der Waals surface area contributed by atoms with Gasteiger partial charge < -0.3 is 15.0 Å². The largest absolute Gasteiger partial charge is 0.382 e. The molecule has 0 unspecified atom stereocenters. The molecule has 0 bridgehead atoms. The van der Waals surface area contributed by atoms with Crippen molar-refractivity contribution in [3.63, 3.8) is 0 Å². The van der Waals surface area contributed by atoms with Gasteiger partial charge >= 0.3 is 0 Å². The number of nitrogens with one attached hydrogen (secondary N) is 2. The van der Waals surface area contributed by atoms with Gasteiger partial charge in [0, 0.05) is 31.4 Å². The number of sulfonamides is 1. The smallest absolute Gasteiger partial charge is 0.216 e. The fourth-order valence-corrected chi connectivity index (χ4v) is 5.40. The van der Waals surface area contributed by atoms with Crippen LogP contribution in [0.3, 0.4) is 0 Å². The summed E-state index contributed by atoms with van der Waals surface area (Å²) in [6.07, 6.45) is 3.74. The molecule has 6 nitrogen and oxygen atoms in total. The Bertz CT molecular complexity index is 838. The first kappa shape index (κ1) is 24.3. The summed E-state index contributed by atoms with van der Waals surface area (Å²) in [6.45, 7) is 11.4. The summed E-state index contributed by atoms with van der Waals surface area (Å²) in [4.78, 5) is 2.17. The van der Waals surface area contributed by atoms with Crippen molar-refractivity contribution in [1.82, 2.24) is 4.72 Å². The highest BCUT2D eigenvalue weighted by Gasteiger charge is 2.32. The molecule has 2 fully saturated rings. The van der Waals surface area contributed by atoms with Crippen LogP contribution in [0.2, 0.25) is 0 Å². The fourth-order valence-electron chi connectivity index (χ4n) is 4.37. The fraction of sp³-hybridized carbons (Fsp3) is 0.739. The van der Waals surface area contributed by atoms with Crippen LogP contribution in [-0.4, -0.2) is 51.0 Å². The predicted molar refractivity (Wildman–Crippen MR) is 125 cm³/mol. The average Bonchev–Trinajstić information content (AvgIpc) is 2.66. The van der Waals surface area contributed by atoms with Crippen LogP contribution in [0.5, 0.6) is 0 Å². The third kappa shape index (κ3) is 6.33. The van der Waals surface area contributed by atoms with Gasteiger partial charge in [0.05, 0.1) is 22.6 Å². The van der Waals surface area contributed by atoms with Crippen LogP contribution >= 0.6 is 0 Å². The first-order valence-corrected chi connectivity index (χ1v) is 12.9. The Morgan fingerprint density at radius 1 is 1.10 bits per heavy atom. The standard InChI is InChI=1S/C23H38FN3O3S/c1-16-14-27(15-17(2)30-16)20-10-11-22(21(24)12-20)25-13-18-6-8-19(9-7-18)26-31(28,29)23(3,4)5/h10-12,16-19,25-26H,6-9,13-15H2,1-5H3/t16-,17+,18-,19-. The van der Waals surface area contributed by atoms with E-state index in [1.54, 1.807) is 26.8 Å². The molecule has 1 saturated heterocycles. The van der Waals surface area contributed by atoms with Gasteiger partial charge in [0.2, 0.25) is 10.0 Å². The SMILES string of the molecule is C[C@@H]1CN(c2ccc(NC[C@H]3CC[C@H](NS(=O)(=O)C(C)(C)C)CC3)c(F)c2)C[C@H](C)O1. The monoisotopic (exact) mass is 455 g/mol. The normalized spacial score (nSPS) is 27.9. The minimum atomic E-state index is -3.32. The van der Waals surface area contributed by atoms with Crippen molar-refractivity contribution in [2.24, 2.45) is 5.92 Å². The molecule has 2 N–H and O–H groups in total. The van der Waals surface area contributed by atoms with E-state index in [1.807, 2.05) is 26.0 Å². The molecule has 1 aliphatic carbocycles. The molecule has 1 saturated carbocycles. The van der Waals surface area contributed by atoms with E-state index in [2.05, 4.69) is 14.9 Å². The molecule has 2 atom stereocenters. The number of nitrogens with zero attached hydrogens (tertiary/aromatic N) is 1. The maximum Gasteiger partial charge on any atom is 0.216 e. The lowest BCUT2D eigenvalue weighted by atomic mass is 9.86. The molecule has 3 rings (SSSR count). The molecule has 2 aliphatic rings. The molecule has 1 aromatic rings. The number of halogens is 1. The third-order valence-electron chi connectivity index (χ3n) is 6.29. The maximum absolute atomic E-state index is 14.7. The van der Waals surface area contributed by atoms with Crippen LogP contribution in [0, 0.1) is 11.7 Å². The van der Waals surface area contributed by atoms with Crippen molar-refractivity contribution < 1.29 is 17.5 Å². The van der Waals surface area contributed by atoms with Crippen LogP contribution < -0.4 is 14.9 Å². The van der Waals surface area contributed by atoms with Gasteiger partial charge in [-0.05, 0) is 84.4 Å². The highest BCUT2D eigenvalue weighted by Crippen LogP contribution is 2.29. The van der Waals surface area contributed by atoms with E-state index in [1.165, 1.54) is 0 Å². The van der Waals surface area contributed by atoms with E-state index >= 15 is 0 Å². The summed E-state index contributed by atoms with van der Waals surface area (Å²) in [5, 5.41) is 3.26. The van der Waals surface area contributed by atoms with Crippen molar-refractivity contribution >= 4 is 21.4 Å². The Balaban J connectivity index is 1.49. The van der Waals surface area contributed by atoms with Gasteiger partial charge in [0.15, 0.2) is 0 Å². The summed E-state index contributed by atoms with van der Waals surface area (Å²) in [7, 11) is -3.32. The molecule has 0 amide bonds. The highest BCUT2D eigenvalue weighted by molar-refractivity contribution is 7.90. The van der Waals surface area contributed by atoms with Crippen LogP contribution in [0.25, 0.3) is 0 Å². The van der Waals surface area contributed by atoms with Gasteiger partial charge in [-0.1, -0.05) is 0 Å². The summed E-state index contributed by atoms with van der Waals surface area (Å²) in [6, 6.07) is 5.38. The van der Waals surface area contributed by atoms with E-state index in [9.17, 15) is 12.8 Å². The van der Waals surface area contributed by atoms with Crippen LogP contribution in [0.15, 0.2) is 18.2 Å². The van der Waals surface area contributed by atoms with E-state index in [0.29, 0.717) is 18.2 Å². The summed E-state index contributed by atoms with van der Waals surface area (Å²) in [5.74, 6) is 0.173. The second kappa shape index (κ2) is 9.63.